The van der Waals surface area contributed by atoms with Crippen molar-refractivity contribution in [2.24, 2.45) is 0 Å². The van der Waals surface area contributed by atoms with E-state index in [9.17, 15) is 0 Å². The number of nitrogens with zero attached hydrogens (tertiary/aromatic N) is 2. The van der Waals surface area contributed by atoms with Gasteiger partial charge in [0, 0.05) is 21.2 Å². The molecule has 5 aromatic rings. The molecule has 31 heavy (non-hydrogen) atoms. The summed E-state index contributed by atoms with van der Waals surface area (Å²) in [5.74, 6) is 0.729. The van der Waals surface area contributed by atoms with Gasteiger partial charge >= 0.3 is 0 Å². The molecular formula is C28H19BrN2. The van der Waals surface area contributed by atoms with E-state index in [0.29, 0.717) is 0 Å². The molecular weight excluding hydrogens is 444 g/mol. The second-order valence-electron chi connectivity index (χ2n) is 7.25. The first kappa shape index (κ1) is 19.4. The highest BCUT2D eigenvalue weighted by atomic mass is 79.9. The van der Waals surface area contributed by atoms with Gasteiger partial charge in [0.05, 0.1) is 11.4 Å². The van der Waals surface area contributed by atoms with E-state index in [1.807, 2.05) is 54.6 Å². The van der Waals surface area contributed by atoms with Crippen LogP contribution in [0.25, 0.3) is 45.0 Å². The van der Waals surface area contributed by atoms with Crippen molar-refractivity contribution in [3.63, 3.8) is 0 Å². The third-order valence-electron chi connectivity index (χ3n) is 5.19. The van der Waals surface area contributed by atoms with Crippen molar-refractivity contribution < 1.29 is 0 Å². The second kappa shape index (κ2) is 8.66. The van der Waals surface area contributed by atoms with Gasteiger partial charge in [-0.1, -0.05) is 119 Å². The SMILES string of the molecule is Brc1ccccc1-c1ccc(-c2cc(-c3ccccc3)nc(-c3ccccc3)n2)cc1. The Bertz CT molecular complexity index is 1260. The van der Waals surface area contributed by atoms with E-state index in [1.165, 1.54) is 5.56 Å². The Hall–Kier alpha value is -3.56. The van der Waals surface area contributed by atoms with Crippen LogP contribution >= 0.6 is 15.9 Å². The Morgan fingerprint density at radius 1 is 0.452 bits per heavy atom. The Kier molecular flexibility index (Phi) is 5.42. The molecule has 0 unspecified atom stereocenters. The van der Waals surface area contributed by atoms with Crippen molar-refractivity contribution in [1.82, 2.24) is 9.97 Å². The third-order valence-corrected chi connectivity index (χ3v) is 5.88. The van der Waals surface area contributed by atoms with Crippen LogP contribution < -0.4 is 0 Å². The zero-order valence-corrected chi connectivity index (χ0v) is 18.3. The van der Waals surface area contributed by atoms with Crippen LogP contribution in [0, 0.1) is 0 Å². The molecule has 2 nitrogen and oxygen atoms in total. The van der Waals surface area contributed by atoms with E-state index in [0.717, 1.165) is 43.9 Å². The Morgan fingerprint density at radius 3 is 1.55 bits per heavy atom. The second-order valence-corrected chi connectivity index (χ2v) is 8.11. The first-order valence-corrected chi connectivity index (χ1v) is 10.9. The average Bonchev–Trinajstić information content (AvgIpc) is 2.85. The summed E-state index contributed by atoms with van der Waals surface area (Å²) >= 11 is 3.65. The van der Waals surface area contributed by atoms with Gasteiger partial charge in [-0.3, -0.25) is 0 Å². The van der Waals surface area contributed by atoms with Crippen LogP contribution in [0.3, 0.4) is 0 Å². The van der Waals surface area contributed by atoms with Crippen LogP contribution in [-0.4, -0.2) is 9.97 Å². The Balaban J connectivity index is 1.61. The Labute approximate surface area is 190 Å². The molecule has 5 rings (SSSR count). The molecule has 1 heterocycles. The van der Waals surface area contributed by atoms with Crippen LogP contribution in [-0.2, 0) is 0 Å². The number of benzene rings is 4. The van der Waals surface area contributed by atoms with Crippen molar-refractivity contribution in [1.29, 1.82) is 0 Å². The summed E-state index contributed by atoms with van der Waals surface area (Å²) in [7, 11) is 0. The minimum absolute atomic E-state index is 0.729. The molecule has 0 saturated carbocycles. The van der Waals surface area contributed by atoms with Crippen LogP contribution in [0.15, 0.2) is 120 Å². The number of hydrogen-bond donors (Lipinski definition) is 0. The van der Waals surface area contributed by atoms with Gasteiger partial charge in [-0.25, -0.2) is 9.97 Å². The molecule has 0 aliphatic heterocycles. The maximum absolute atomic E-state index is 4.90. The molecule has 148 valence electrons. The predicted octanol–water partition coefficient (Wildman–Crippen LogP) is 7.91. The summed E-state index contributed by atoms with van der Waals surface area (Å²) in [6, 6.07) is 39.2. The van der Waals surface area contributed by atoms with E-state index < -0.39 is 0 Å². The highest BCUT2D eigenvalue weighted by Gasteiger charge is 2.11. The number of rotatable bonds is 4. The van der Waals surface area contributed by atoms with E-state index in [2.05, 4.69) is 76.6 Å². The topological polar surface area (TPSA) is 25.8 Å². The maximum Gasteiger partial charge on any atom is 0.160 e. The minimum Gasteiger partial charge on any atom is -0.228 e. The molecule has 0 atom stereocenters. The van der Waals surface area contributed by atoms with Crippen molar-refractivity contribution in [2.45, 2.75) is 0 Å². The van der Waals surface area contributed by atoms with E-state index in [1.54, 1.807) is 0 Å². The molecule has 0 N–H and O–H groups in total. The fourth-order valence-corrected chi connectivity index (χ4v) is 4.10. The monoisotopic (exact) mass is 462 g/mol. The summed E-state index contributed by atoms with van der Waals surface area (Å²) in [6.07, 6.45) is 0. The number of hydrogen-bond acceptors (Lipinski definition) is 2. The number of aromatic nitrogens is 2. The highest BCUT2D eigenvalue weighted by Crippen LogP contribution is 2.31. The zero-order valence-electron chi connectivity index (χ0n) is 16.7. The summed E-state index contributed by atoms with van der Waals surface area (Å²) < 4.78 is 1.09. The van der Waals surface area contributed by atoms with Crippen molar-refractivity contribution >= 4 is 15.9 Å². The van der Waals surface area contributed by atoms with Gasteiger partial charge < -0.3 is 0 Å². The quantitative estimate of drug-likeness (QED) is 0.271. The van der Waals surface area contributed by atoms with E-state index >= 15 is 0 Å². The molecule has 3 heteroatoms. The van der Waals surface area contributed by atoms with Crippen molar-refractivity contribution in [2.75, 3.05) is 0 Å². The normalized spacial score (nSPS) is 10.7. The fourth-order valence-electron chi connectivity index (χ4n) is 3.58. The third kappa shape index (κ3) is 4.18. The van der Waals surface area contributed by atoms with Crippen LogP contribution in [0.2, 0.25) is 0 Å². The van der Waals surface area contributed by atoms with Gasteiger partial charge in [0.25, 0.3) is 0 Å². The molecule has 0 bridgehead atoms. The van der Waals surface area contributed by atoms with Gasteiger partial charge in [-0.2, -0.15) is 0 Å². The molecule has 0 amide bonds. The largest absolute Gasteiger partial charge is 0.228 e. The lowest BCUT2D eigenvalue weighted by atomic mass is 10.0. The lowest BCUT2D eigenvalue weighted by Crippen LogP contribution is -1.95. The molecule has 0 spiro atoms. The summed E-state index contributed by atoms with van der Waals surface area (Å²) in [6.45, 7) is 0. The zero-order chi connectivity index (χ0) is 21.0. The van der Waals surface area contributed by atoms with Gasteiger partial charge in [-0.15, -0.1) is 0 Å². The van der Waals surface area contributed by atoms with Crippen molar-refractivity contribution in [3.05, 3.63) is 120 Å². The van der Waals surface area contributed by atoms with Crippen molar-refractivity contribution in [3.8, 4) is 45.0 Å². The first-order valence-electron chi connectivity index (χ1n) is 10.1. The van der Waals surface area contributed by atoms with E-state index in [-0.39, 0.29) is 0 Å². The first-order chi connectivity index (χ1) is 15.3. The van der Waals surface area contributed by atoms with Gasteiger partial charge in [0.1, 0.15) is 0 Å². The molecule has 0 radical (unpaired) electrons. The molecule has 0 aliphatic rings. The molecule has 0 saturated heterocycles. The summed E-state index contributed by atoms with van der Waals surface area (Å²) in [5, 5.41) is 0. The van der Waals surface area contributed by atoms with Crippen LogP contribution in [0.4, 0.5) is 0 Å². The summed E-state index contributed by atoms with van der Waals surface area (Å²) in [4.78, 5) is 9.76. The lowest BCUT2D eigenvalue weighted by molar-refractivity contribution is 1.18. The number of halogens is 1. The lowest BCUT2D eigenvalue weighted by Gasteiger charge is -2.10. The standard InChI is InChI=1S/C28H19BrN2/c29-25-14-8-7-13-24(25)20-15-17-22(18-16-20)27-19-26(21-9-3-1-4-10-21)30-28(31-27)23-11-5-2-6-12-23/h1-19H. The van der Waals surface area contributed by atoms with E-state index in [4.69, 9.17) is 9.97 Å². The molecule has 4 aromatic carbocycles. The van der Waals surface area contributed by atoms with Gasteiger partial charge in [-0.05, 0) is 23.3 Å². The Morgan fingerprint density at radius 2 is 0.935 bits per heavy atom. The fraction of sp³-hybridized carbons (Fsp3) is 0. The van der Waals surface area contributed by atoms with Crippen LogP contribution in [0.5, 0.6) is 0 Å². The molecule has 1 aromatic heterocycles. The highest BCUT2D eigenvalue weighted by molar-refractivity contribution is 9.10. The molecule has 0 fully saturated rings. The van der Waals surface area contributed by atoms with Gasteiger partial charge in [0.15, 0.2) is 5.82 Å². The van der Waals surface area contributed by atoms with Gasteiger partial charge in [0.2, 0.25) is 0 Å². The molecule has 0 aliphatic carbocycles. The predicted molar refractivity (Wildman–Crippen MR) is 131 cm³/mol. The van der Waals surface area contributed by atoms with Crippen LogP contribution in [0.1, 0.15) is 0 Å². The average molecular weight is 463 g/mol. The summed E-state index contributed by atoms with van der Waals surface area (Å²) in [5.41, 5.74) is 7.31. The smallest absolute Gasteiger partial charge is 0.160 e. The maximum atomic E-state index is 4.90. The minimum atomic E-state index is 0.729.